The van der Waals surface area contributed by atoms with Crippen LogP contribution in [-0.2, 0) is 9.84 Å². The van der Waals surface area contributed by atoms with Gasteiger partial charge < -0.3 is 11.1 Å². The van der Waals surface area contributed by atoms with Crippen molar-refractivity contribution < 1.29 is 8.42 Å². The van der Waals surface area contributed by atoms with Gasteiger partial charge in [0.1, 0.15) is 0 Å². The standard InChI is InChI=1S/C6H16N2O2S/c1-2-11(9,10)6-5-8-4-3-7/h8H,2-7H2,1H3. The molecule has 0 amide bonds. The fourth-order valence-corrected chi connectivity index (χ4v) is 1.34. The smallest absolute Gasteiger partial charge is 0.151 e. The molecule has 0 atom stereocenters. The van der Waals surface area contributed by atoms with E-state index in [4.69, 9.17) is 5.73 Å². The monoisotopic (exact) mass is 180 g/mol. The van der Waals surface area contributed by atoms with Gasteiger partial charge in [-0.1, -0.05) is 6.92 Å². The molecule has 0 spiro atoms. The third kappa shape index (κ3) is 6.28. The van der Waals surface area contributed by atoms with Crippen LogP contribution in [0.4, 0.5) is 0 Å². The lowest BCUT2D eigenvalue weighted by Crippen LogP contribution is -2.28. The van der Waals surface area contributed by atoms with Gasteiger partial charge in [-0.3, -0.25) is 0 Å². The van der Waals surface area contributed by atoms with Crippen LogP contribution in [0, 0.1) is 0 Å². The van der Waals surface area contributed by atoms with E-state index in [0.29, 0.717) is 19.6 Å². The summed E-state index contributed by atoms with van der Waals surface area (Å²) in [6.45, 7) is 3.39. The Hall–Kier alpha value is -0.130. The van der Waals surface area contributed by atoms with Crippen LogP contribution in [0.5, 0.6) is 0 Å². The van der Waals surface area contributed by atoms with Crippen molar-refractivity contribution in [1.82, 2.24) is 5.32 Å². The van der Waals surface area contributed by atoms with Crippen molar-refractivity contribution in [3.8, 4) is 0 Å². The molecule has 0 radical (unpaired) electrons. The summed E-state index contributed by atoms with van der Waals surface area (Å²) < 4.78 is 21.8. The van der Waals surface area contributed by atoms with Crippen LogP contribution >= 0.6 is 0 Å². The second-order valence-corrected chi connectivity index (χ2v) is 4.75. The molecule has 68 valence electrons. The third-order valence-electron chi connectivity index (χ3n) is 1.35. The van der Waals surface area contributed by atoms with Gasteiger partial charge in [-0.2, -0.15) is 0 Å². The summed E-state index contributed by atoms with van der Waals surface area (Å²) in [6, 6.07) is 0. The molecular formula is C6H16N2O2S. The van der Waals surface area contributed by atoms with Crippen LogP contribution in [0.2, 0.25) is 0 Å². The van der Waals surface area contributed by atoms with Crippen molar-refractivity contribution in [2.45, 2.75) is 6.92 Å². The highest BCUT2D eigenvalue weighted by Gasteiger charge is 2.04. The number of hydrogen-bond donors (Lipinski definition) is 2. The second kappa shape index (κ2) is 5.51. The van der Waals surface area contributed by atoms with Gasteiger partial charge in [-0.05, 0) is 0 Å². The zero-order valence-electron chi connectivity index (χ0n) is 6.84. The van der Waals surface area contributed by atoms with E-state index >= 15 is 0 Å². The topological polar surface area (TPSA) is 72.2 Å². The molecule has 5 heteroatoms. The number of hydrogen-bond acceptors (Lipinski definition) is 4. The van der Waals surface area contributed by atoms with Crippen molar-refractivity contribution in [1.29, 1.82) is 0 Å². The second-order valence-electron chi connectivity index (χ2n) is 2.28. The van der Waals surface area contributed by atoms with Gasteiger partial charge in [0.25, 0.3) is 0 Å². The van der Waals surface area contributed by atoms with E-state index in [2.05, 4.69) is 5.32 Å². The van der Waals surface area contributed by atoms with Crippen LogP contribution in [-0.4, -0.2) is 39.6 Å². The van der Waals surface area contributed by atoms with E-state index in [0.717, 1.165) is 0 Å². The molecule has 0 heterocycles. The van der Waals surface area contributed by atoms with Gasteiger partial charge in [0.15, 0.2) is 9.84 Å². The van der Waals surface area contributed by atoms with E-state index in [-0.39, 0.29) is 11.5 Å². The normalized spacial score (nSPS) is 11.8. The van der Waals surface area contributed by atoms with E-state index < -0.39 is 9.84 Å². The largest absolute Gasteiger partial charge is 0.329 e. The van der Waals surface area contributed by atoms with Crippen LogP contribution in [0.15, 0.2) is 0 Å². The number of rotatable bonds is 6. The molecule has 0 unspecified atom stereocenters. The van der Waals surface area contributed by atoms with Gasteiger partial charge >= 0.3 is 0 Å². The maximum absolute atomic E-state index is 10.9. The first-order valence-electron chi connectivity index (χ1n) is 3.73. The molecule has 0 aromatic rings. The van der Waals surface area contributed by atoms with Crippen molar-refractivity contribution in [2.24, 2.45) is 5.73 Å². The van der Waals surface area contributed by atoms with E-state index in [1.807, 2.05) is 0 Å². The molecule has 0 aromatic carbocycles. The Morgan fingerprint density at radius 1 is 1.36 bits per heavy atom. The molecule has 4 nitrogen and oxygen atoms in total. The average molecular weight is 180 g/mol. The van der Waals surface area contributed by atoms with Crippen molar-refractivity contribution in [2.75, 3.05) is 31.1 Å². The van der Waals surface area contributed by atoms with Crippen molar-refractivity contribution in [3.05, 3.63) is 0 Å². The summed E-state index contributed by atoms with van der Waals surface area (Å²) >= 11 is 0. The Morgan fingerprint density at radius 2 is 2.00 bits per heavy atom. The highest BCUT2D eigenvalue weighted by molar-refractivity contribution is 7.91. The lowest BCUT2D eigenvalue weighted by atomic mass is 10.6. The molecule has 11 heavy (non-hydrogen) atoms. The maximum Gasteiger partial charge on any atom is 0.151 e. The number of nitrogens with one attached hydrogen (secondary N) is 1. The zero-order valence-corrected chi connectivity index (χ0v) is 7.65. The predicted octanol–water partition coefficient (Wildman–Crippen LogP) is -1.03. The first-order chi connectivity index (χ1) is 5.12. The summed E-state index contributed by atoms with van der Waals surface area (Å²) in [5, 5.41) is 2.92. The zero-order chi connectivity index (χ0) is 8.74. The van der Waals surface area contributed by atoms with Crippen LogP contribution < -0.4 is 11.1 Å². The SMILES string of the molecule is CCS(=O)(=O)CCNCCN. The minimum atomic E-state index is -2.80. The van der Waals surface area contributed by atoms with Crippen LogP contribution in [0.3, 0.4) is 0 Å². The van der Waals surface area contributed by atoms with Crippen molar-refractivity contribution >= 4 is 9.84 Å². The van der Waals surface area contributed by atoms with Gasteiger partial charge in [0.2, 0.25) is 0 Å². The highest BCUT2D eigenvalue weighted by Crippen LogP contribution is 1.86. The summed E-state index contributed by atoms with van der Waals surface area (Å²) in [7, 11) is -2.80. The van der Waals surface area contributed by atoms with E-state index in [1.165, 1.54) is 0 Å². The Balaban J connectivity index is 3.39. The fraction of sp³-hybridized carbons (Fsp3) is 1.00. The van der Waals surface area contributed by atoms with Crippen LogP contribution in [0.25, 0.3) is 0 Å². The summed E-state index contributed by atoms with van der Waals surface area (Å²) in [6.07, 6.45) is 0. The van der Waals surface area contributed by atoms with Gasteiger partial charge in [-0.25, -0.2) is 8.42 Å². The molecular weight excluding hydrogens is 164 g/mol. The highest BCUT2D eigenvalue weighted by atomic mass is 32.2. The summed E-state index contributed by atoms with van der Waals surface area (Å²) in [5.74, 6) is 0.431. The molecule has 0 aliphatic carbocycles. The first kappa shape index (κ1) is 10.9. The lowest BCUT2D eigenvalue weighted by Gasteiger charge is -2.01. The maximum atomic E-state index is 10.9. The minimum Gasteiger partial charge on any atom is -0.329 e. The third-order valence-corrected chi connectivity index (χ3v) is 3.06. The molecule has 0 aliphatic heterocycles. The van der Waals surface area contributed by atoms with Gasteiger partial charge in [0, 0.05) is 25.4 Å². The fourth-order valence-electron chi connectivity index (χ4n) is 0.599. The van der Waals surface area contributed by atoms with E-state index in [1.54, 1.807) is 6.92 Å². The number of sulfone groups is 1. The van der Waals surface area contributed by atoms with Crippen LogP contribution in [0.1, 0.15) is 6.92 Å². The Kier molecular flexibility index (Phi) is 5.45. The first-order valence-corrected chi connectivity index (χ1v) is 5.55. The lowest BCUT2D eigenvalue weighted by molar-refractivity contribution is 0.592. The molecule has 0 aliphatic rings. The Labute approximate surface area is 68.1 Å². The molecule has 0 bridgehead atoms. The Bertz CT molecular complexity index is 177. The quantitative estimate of drug-likeness (QED) is 0.513. The predicted molar refractivity (Wildman–Crippen MR) is 46.3 cm³/mol. The molecule has 0 fully saturated rings. The summed E-state index contributed by atoms with van der Waals surface area (Å²) in [5.41, 5.74) is 5.20. The molecule has 0 saturated heterocycles. The van der Waals surface area contributed by atoms with Gasteiger partial charge in [-0.15, -0.1) is 0 Å². The Morgan fingerprint density at radius 3 is 2.45 bits per heavy atom. The summed E-state index contributed by atoms with van der Waals surface area (Å²) in [4.78, 5) is 0. The van der Waals surface area contributed by atoms with Crippen molar-refractivity contribution in [3.63, 3.8) is 0 Å². The van der Waals surface area contributed by atoms with E-state index in [9.17, 15) is 8.42 Å². The average Bonchev–Trinajstić information content (AvgIpc) is 1.99. The molecule has 0 saturated carbocycles. The minimum absolute atomic E-state index is 0.212. The molecule has 3 N–H and O–H groups in total. The number of nitrogens with two attached hydrogens (primary N) is 1. The molecule has 0 aromatic heterocycles. The van der Waals surface area contributed by atoms with Gasteiger partial charge in [0.05, 0.1) is 5.75 Å². The molecule has 0 rings (SSSR count).